The number of hydrogen-bond acceptors (Lipinski definition) is 7. The van der Waals surface area contributed by atoms with E-state index in [1.54, 1.807) is 0 Å². The van der Waals surface area contributed by atoms with Crippen LogP contribution in [0.3, 0.4) is 0 Å². The van der Waals surface area contributed by atoms with Gasteiger partial charge in [0.2, 0.25) is 11.8 Å². The first kappa shape index (κ1) is 19.8. The van der Waals surface area contributed by atoms with Crippen molar-refractivity contribution in [2.24, 2.45) is 5.11 Å². The summed E-state index contributed by atoms with van der Waals surface area (Å²) < 4.78 is 0. The summed E-state index contributed by atoms with van der Waals surface area (Å²) >= 11 is 0. The van der Waals surface area contributed by atoms with Crippen molar-refractivity contribution in [2.75, 3.05) is 24.5 Å². The number of amides is 4. The Bertz CT molecular complexity index is 969. The van der Waals surface area contributed by atoms with Crippen LogP contribution < -0.4 is 10.2 Å². The van der Waals surface area contributed by atoms with E-state index in [1.165, 1.54) is 23.1 Å². The molecular weight excluding hydrogens is 384 g/mol. The largest absolute Gasteiger partial charge is 0.480 e. The number of anilines is 1. The van der Waals surface area contributed by atoms with E-state index in [-0.39, 0.29) is 37.1 Å². The fourth-order valence-electron chi connectivity index (χ4n) is 3.33. The number of azide groups is 1. The second-order valence-electron chi connectivity index (χ2n) is 6.45. The Labute approximate surface area is 163 Å². The molecule has 2 aliphatic heterocycles. The smallest absolute Gasteiger partial charge is 0.323 e. The molecule has 1 atom stereocenters. The van der Waals surface area contributed by atoms with Crippen LogP contribution in [0.1, 0.15) is 33.6 Å². The highest BCUT2D eigenvalue weighted by atomic mass is 16.4. The molecule has 2 aliphatic rings. The van der Waals surface area contributed by atoms with E-state index >= 15 is 0 Å². The van der Waals surface area contributed by atoms with Gasteiger partial charge >= 0.3 is 5.97 Å². The third kappa shape index (κ3) is 3.87. The minimum atomic E-state index is -1.13. The Morgan fingerprint density at radius 2 is 2.00 bits per heavy atom. The molecule has 0 aromatic heterocycles. The number of carbonyl (C=O) groups is 5. The van der Waals surface area contributed by atoms with Gasteiger partial charge in [-0.2, -0.15) is 0 Å². The van der Waals surface area contributed by atoms with Gasteiger partial charge in [0, 0.05) is 30.1 Å². The summed E-state index contributed by atoms with van der Waals surface area (Å²) in [5.74, 6) is -3.64. The molecule has 12 heteroatoms. The number of benzene rings is 1. The first-order valence-corrected chi connectivity index (χ1v) is 8.66. The first-order chi connectivity index (χ1) is 13.8. The normalized spacial score (nSPS) is 18.2. The molecule has 1 aromatic rings. The van der Waals surface area contributed by atoms with Gasteiger partial charge in [-0.3, -0.25) is 34.2 Å². The first-order valence-electron chi connectivity index (χ1n) is 8.66. The maximum absolute atomic E-state index is 12.8. The van der Waals surface area contributed by atoms with Crippen LogP contribution in [0.4, 0.5) is 5.69 Å². The monoisotopic (exact) mass is 400 g/mol. The van der Waals surface area contributed by atoms with Crippen molar-refractivity contribution in [1.82, 2.24) is 10.2 Å². The molecule has 1 unspecified atom stereocenters. The zero-order valence-electron chi connectivity index (χ0n) is 15.1. The number of carbonyl (C=O) groups excluding carboxylic acids is 4. The quantitative estimate of drug-likeness (QED) is 0.286. The molecule has 0 radical (unpaired) electrons. The van der Waals surface area contributed by atoms with Crippen LogP contribution in [-0.4, -0.2) is 65.3 Å². The average Bonchev–Trinajstić information content (AvgIpc) is 2.91. The lowest BCUT2D eigenvalue weighted by Crippen LogP contribution is -2.54. The summed E-state index contributed by atoms with van der Waals surface area (Å²) in [6.07, 6.45) is 0.0567. The fourth-order valence-corrected chi connectivity index (χ4v) is 3.33. The Hall–Kier alpha value is -3.92. The van der Waals surface area contributed by atoms with Crippen molar-refractivity contribution in [3.05, 3.63) is 39.8 Å². The van der Waals surface area contributed by atoms with E-state index in [1.807, 2.05) is 0 Å². The number of carboxylic acids is 1. The zero-order chi connectivity index (χ0) is 21.1. The van der Waals surface area contributed by atoms with Crippen LogP contribution >= 0.6 is 0 Å². The van der Waals surface area contributed by atoms with E-state index in [0.29, 0.717) is 5.69 Å². The Kier molecular flexibility index (Phi) is 5.46. The number of nitrogens with zero attached hydrogens (tertiary/aromatic N) is 5. The predicted octanol–water partition coefficient (Wildman–Crippen LogP) is 0.289. The zero-order valence-corrected chi connectivity index (χ0v) is 15.1. The summed E-state index contributed by atoms with van der Waals surface area (Å²) in [6, 6.07) is 3.17. The number of imide groups is 2. The molecule has 2 N–H and O–H groups in total. The molecule has 29 heavy (non-hydrogen) atoms. The molecular formula is C17H16N6O6. The number of aliphatic carboxylic acids is 1. The Morgan fingerprint density at radius 1 is 1.28 bits per heavy atom. The van der Waals surface area contributed by atoms with Crippen molar-refractivity contribution in [1.29, 1.82) is 0 Å². The lowest BCUT2D eigenvalue weighted by molar-refractivity contribution is -0.137. The van der Waals surface area contributed by atoms with Gasteiger partial charge in [0.1, 0.15) is 12.6 Å². The van der Waals surface area contributed by atoms with Gasteiger partial charge in [-0.05, 0) is 30.2 Å². The minimum absolute atomic E-state index is 0.0101. The van der Waals surface area contributed by atoms with Crippen LogP contribution in [0, 0.1) is 0 Å². The van der Waals surface area contributed by atoms with Crippen molar-refractivity contribution in [2.45, 2.75) is 18.9 Å². The van der Waals surface area contributed by atoms with Gasteiger partial charge < -0.3 is 10.0 Å². The summed E-state index contributed by atoms with van der Waals surface area (Å²) in [6.45, 7) is -0.303. The van der Waals surface area contributed by atoms with E-state index in [2.05, 4.69) is 15.3 Å². The van der Waals surface area contributed by atoms with E-state index in [4.69, 9.17) is 10.6 Å². The van der Waals surface area contributed by atoms with Gasteiger partial charge in [-0.25, -0.2) is 0 Å². The maximum atomic E-state index is 12.8. The third-order valence-electron chi connectivity index (χ3n) is 4.65. The number of fused-ring (bicyclic) bond motifs is 1. The number of carboxylic acid groups (broad SMARTS) is 1. The highest BCUT2D eigenvalue weighted by Gasteiger charge is 2.44. The van der Waals surface area contributed by atoms with Gasteiger partial charge in [0.15, 0.2) is 0 Å². The third-order valence-corrected chi connectivity index (χ3v) is 4.65. The number of hydrogen-bond donors (Lipinski definition) is 2. The van der Waals surface area contributed by atoms with E-state index in [9.17, 15) is 24.0 Å². The molecule has 0 aliphatic carbocycles. The number of piperidine rings is 1. The lowest BCUT2D eigenvalue weighted by atomic mass is 10.0. The summed E-state index contributed by atoms with van der Waals surface area (Å²) in [5, 5.41) is 14.6. The van der Waals surface area contributed by atoms with Gasteiger partial charge in [-0.15, -0.1) is 0 Å². The SMILES string of the molecule is [N-]=[N+]=NCCN(CC(=O)O)c1ccc2c(c1)C(=O)N(C1CCC(=O)NC1=O)C2=O. The molecule has 1 fully saturated rings. The Balaban J connectivity index is 1.89. The van der Waals surface area contributed by atoms with Gasteiger partial charge in [0.25, 0.3) is 11.8 Å². The lowest BCUT2D eigenvalue weighted by Gasteiger charge is -2.27. The Morgan fingerprint density at radius 3 is 2.66 bits per heavy atom. The summed E-state index contributed by atoms with van der Waals surface area (Å²) in [4.78, 5) is 64.9. The molecule has 0 bridgehead atoms. The predicted molar refractivity (Wildman–Crippen MR) is 97.0 cm³/mol. The highest BCUT2D eigenvalue weighted by molar-refractivity contribution is 6.23. The number of nitrogens with one attached hydrogen (secondary N) is 1. The maximum Gasteiger partial charge on any atom is 0.323 e. The molecule has 1 aromatic carbocycles. The van der Waals surface area contributed by atoms with Crippen molar-refractivity contribution in [3.63, 3.8) is 0 Å². The average molecular weight is 400 g/mol. The van der Waals surface area contributed by atoms with Crippen LogP contribution in [-0.2, 0) is 14.4 Å². The highest BCUT2D eigenvalue weighted by Crippen LogP contribution is 2.30. The van der Waals surface area contributed by atoms with E-state index in [0.717, 1.165) is 4.90 Å². The molecule has 0 saturated carbocycles. The van der Waals surface area contributed by atoms with Crippen LogP contribution in [0.25, 0.3) is 10.4 Å². The molecule has 4 amide bonds. The van der Waals surface area contributed by atoms with Gasteiger partial charge in [-0.1, -0.05) is 5.11 Å². The van der Waals surface area contributed by atoms with Crippen LogP contribution in [0.15, 0.2) is 23.3 Å². The number of rotatable bonds is 7. The van der Waals surface area contributed by atoms with Gasteiger partial charge in [0.05, 0.1) is 11.1 Å². The fraction of sp³-hybridized carbons (Fsp3) is 0.353. The minimum Gasteiger partial charge on any atom is -0.480 e. The van der Waals surface area contributed by atoms with Crippen molar-refractivity contribution in [3.8, 4) is 0 Å². The molecule has 0 spiro atoms. The summed E-state index contributed by atoms with van der Waals surface area (Å²) in [7, 11) is 0. The molecule has 2 heterocycles. The van der Waals surface area contributed by atoms with Crippen LogP contribution in [0.5, 0.6) is 0 Å². The molecule has 12 nitrogen and oxygen atoms in total. The molecule has 1 saturated heterocycles. The van der Waals surface area contributed by atoms with Crippen molar-refractivity contribution < 1.29 is 29.1 Å². The topological polar surface area (TPSA) is 173 Å². The molecule has 150 valence electrons. The second-order valence-corrected chi connectivity index (χ2v) is 6.45. The molecule has 3 rings (SSSR count). The van der Waals surface area contributed by atoms with E-state index < -0.39 is 42.2 Å². The van der Waals surface area contributed by atoms with Crippen LogP contribution in [0.2, 0.25) is 0 Å². The summed E-state index contributed by atoms with van der Waals surface area (Å²) in [5.41, 5.74) is 8.88. The second kappa shape index (κ2) is 7.98. The standard InChI is InChI=1S/C17H16N6O6/c18-21-19-5-6-22(8-14(25)26)9-1-2-10-11(7-9)17(29)23(16(10)28)12-3-4-13(24)20-15(12)27/h1-2,7,12H,3-6,8H2,(H,25,26)(H,20,24,27). The van der Waals surface area contributed by atoms with Crippen molar-refractivity contribution >= 4 is 35.3 Å².